The van der Waals surface area contributed by atoms with E-state index in [4.69, 9.17) is 4.74 Å². The van der Waals surface area contributed by atoms with Crippen LogP contribution in [0.1, 0.15) is 50.5 Å². The van der Waals surface area contributed by atoms with Gasteiger partial charge in [-0.1, -0.05) is 13.3 Å². The maximum atomic E-state index is 14.3. The van der Waals surface area contributed by atoms with Crippen LogP contribution >= 0.6 is 0 Å². The van der Waals surface area contributed by atoms with Gasteiger partial charge in [-0.2, -0.15) is 0 Å². The summed E-state index contributed by atoms with van der Waals surface area (Å²) in [7, 11) is -3.35. The molecule has 7 nitrogen and oxygen atoms in total. The molecule has 1 heterocycles. The molecule has 2 fully saturated rings. The third-order valence-corrected chi connectivity index (χ3v) is 7.35. The fourth-order valence-corrected chi connectivity index (χ4v) is 5.26. The van der Waals surface area contributed by atoms with Gasteiger partial charge in [0.15, 0.2) is 9.84 Å². The first-order valence-corrected chi connectivity index (χ1v) is 12.3. The molecule has 1 atom stereocenters. The van der Waals surface area contributed by atoms with Gasteiger partial charge in [-0.05, 0) is 61.3 Å². The van der Waals surface area contributed by atoms with Crippen molar-refractivity contribution in [1.82, 2.24) is 10.2 Å². The normalized spacial score (nSPS) is 17.9. The molecule has 3 amide bonds. The number of imide groups is 1. The number of rotatable bonds is 12. The molecule has 1 N–H and O–H groups in total. The number of unbranched alkanes of at least 4 members (excludes halogenated alkanes) is 2. The fraction of sp³-hybridized carbons (Fsp3) is 0.619. The molecule has 166 valence electrons. The smallest absolute Gasteiger partial charge is 0.324 e. The van der Waals surface area contributed by atoms with E-state index in [0.717, 1.165) is 12.8 Å². The number of hydrogen-bond acceptors (Lipinski definition) is 5. The van der Waals surface area contributed by atoms with Crippen molar-refractivity contribution in [2.45, 2.75) is 44.9 Å². The number of benzene rings is 1. The number of nitrogens with zero attached hydrogens (tertiary/aromatic N) is 1. The van der Waals surface area contributed by atoms with Crippen molar-refractivity contribution in [1.29, 1.82) is 0 Å². The number of nitrogens with one attached hydrogen (secondary N) is 1. The summed E-state index contributed by atoms with van der Waals surface area (Å²) in [6.07, 6.45) is 4.04. The second kappa shape index (κ2) is 9.76. The van der Waals surface area contributed by atoms with Gasteiger partial charge in [0.2, 0.25) is 5.91 Å². The van der Waals surface area contributed by atoms with E-state index in [9.17, 15) is 22.4 Å². The Balaban J connectivity index is 1.43. The summed E-state index contributed by atoms with van der Waals surface area (Å²) in [4.78, 5) is 24.0. The summed E-state index contributed by atoms with van der Waals surface area (Å²) in [5, 5.41) is 2.21. The number of carbonyl (C=O) groups excluding carboxylic acids is 2. The minimum atomic E-state index is -3.35. The average molecular weight is 441 g/mol. The van der Waals surface area contributed by atoms with E-state index in [-0.39, 0.29) is 24.0 Å². The van der Waals surface area contributed by atoms with E-state index < -0.39 is 27.6 Å². The van der Waals surface area contributed by atoms with E-state index in [2.05, 4.69) is 5.32 Å². The number of carbonyl (C=O) groups is 2. The Morgan fingerprint density at radius 3 is 2.67 bits per heavy atom. The molecule has 0 bridgehead atoms. The molecule has 0 radical (unpaired) electrons. The van der Waals surface area contributed by atoms with Crippen LogP contribution in [0.15, 0.2) is 18.2 Å². The van der Waals surface area contributed by atoms with Crippen LogP contribution in [-0.2, 0) is 14.6 Å². The third-order valence-electron chi connectivity index (χ3n) is 5.44. The van der Waals surface area contributed by atoms with Gasteiger partial charge in [0.25, 0.3) is 0 Å². The first kappa shape index (κ1) is 22.5. The van der Waals surface area contributed by atoms with Gasteiger partial charge in [0, 0.05) is 6.54 Å². The van der Waals surface area contributed by atoms with Crippen molar-refractivity contribution in [2.75, 3.05) is 31.2 Å². The lowest BCUT2D eigenvalue weighted by Crippen LogP contribution is -2.29. The highest BCUT2D eigenvalue weighted by atomic mass is 32.2. The summed E-state index contributed by atoms with van der Waals surface area (Å²) >= 11 is 0. The number of ether oxygens (including phenoxy) is 1. The highest BCUT2D eigenvalue weighted by Crippen LogP contribution is 2.31. The summed E-state index contributed by atoms with van der Waals surface area (Å²) in [5.74, 6) is -0.163. The van der Waals surface area contributed by atoms with Crippen LogP contribution in [-0.4, -0.2) is 56.5 Å². The van der Waals surface area contributed by atoms with Gasteiger partial charge in [0.1, 0.15) is 18.1 Å². The molecule has 1 saturated carbocycles. The molecule has 0 aromatic heterocycles. The van der Waals surface area contributed by atoms with Gasteiger partial charge < -0.3 is 9.64 Å². The molecule has 1 aromatic rings. The second-order valence-electron chi connectivity index (χ2n) is 8.29. The van der Waals surface area contributed by atoms with Crippen LogP contribution in [0.3, 0.4) is 0 Å². The summed E-state index contributed by atoms with van der Waals surface area (Å²) in [6, 6.07) is 4.13. The molecule has 2 aliphatic rings. The standard InChI is InChI=1S/C21H29FN2O5S/c1-15(18-11-17(7-8-19(18)22)29-13-16-5-6-16)14-30(27,28)10-4-2-3-9-24-12-20(25)23-21(24)26/h7-8,11,15-16H,2-6,9-10,12-14H2,1H3,(H,23,25,26)/t15-/m0/s1. The molecule has 1 aliphatic heterocycles. The van der Waals surface area contributed by atoms with Gasteiger partial charge in [-0.15, -0.1) is 0 Å². The van der Waals surface area contributed by atoms with Crippen LogP contribution in [0.2, 0.25) is 0 Å². The third kappa shape index (κ3) is 6.68. The largest absolute Gasteiger partial charge is 0.493 e. The second-order valence-corrected chi connectivity index (χ2v) is 10.5. The van der Waals surface area contributed by atoms with Crippen LogP contribution in [0.25, 0.3) is 0 Å². The van der Waals surface area contributed by atoms with Gasteiger partial charge in [-0.25, -0.2) is 17.6 Å². The van der Waals surface area contributed by atoms with Crippen LogP contribution in [0, 0.1) is 11.7 Å². The lowest BCUT2D eigenvalue weighted by atomic mass is 10.0. The Morgan fingerprint density at radius 2 is 2.00 bits per heavy atom. The summed E-state index contributed by atoms with van der Waals surface area (Å²) in [5.41, 5.74) is 0.358. The topological polar surface area (TPSA) is 92.8 Å². The number of sulfone groups is 1. The Kier molecular flexibility index (Phi) is 7.33. The molecule has 0 unspecified atom stereocenters. The van der Waals surface area contributed by atoms with Crippen LogP contribution in [0.5, 0.6) is 5.75 Å². The molecule has 0 spiro atoms. The minimum Gasteiger partial charge on any atom is -0.493 e. The zero-order chi connectivity index (χ0) is 21.7. The Bertz CT molecular complexity index is 885. The average Bonchev–Trinajstić information content (AvgIpc) is 3.44. The highest BCUT2D eigenvalue weighted by molar-refractivity contribution is 7.91. The fourth-order valence-electron chi connectivity index (χ4n) is 3.51. The van der Waals surface area contributed by atoms with Crippen molar-refractivity contribution < 1.29 is 27.1 Å². The van der Waals surface area contributed by atoms with Crippen LogP contribution in [0.4, 0.5) is 9.18 Å². The molecule has 9 heteroatoms. The lowest BCUT2D eigenvalue weighted by Gasteiger charge is -2.15. The van der Waals surface area contributed by atoms with Gasteiger partial charge in [-0.3, -0.25) is 10.1 Å². The van der Waals surface area contributed by atoms with Crippen LogP contribution < -0.4 is 10.1 Å². The quantitative estimate of drug-likeness (QED) is 0.399. The summed E-state index contributed by atoms with van der Waals surface area (Å²) in [6.45, 7) is 2.81. The van der Waals surface area contributed by atoms with Crippen molar-refractivity contribution in [2.24, 2.45) is 5.92 Å². The zero-order valence-corrected chi connectivity index (χ0v) is 18.0. The Labute approximate surface area is 176 Å². The van der Waals surface area contributed by atoms with E-state index in [1.165, 1.54) is 11.0 Å². The van der Waals surface area contributed by atoms with E-state index >= 15 is 0 Å². The van der Waals surface area contributed by atoms with Gasteiger partial charge in [0.05, 0.1) is 18.1 Å². The molecule has 1 aromatic carbocycles. The van der Waals surface area contributed by atoms with E-state index in [0.29, 0.717) is 49.6 Å². The highest BCUT2D eigenvalue weighted by Gasteiger charge is 2.26. The van der Waals surface area contributed by atoms with Crippen molar-refractivity contribution in [3.8, 4) is 5.75 Å². The first-order valence-electron chi connectivity index (χ1n) is 10.4. The van der Waals surface area contributed by atoms with Crippen molar-refractivity contribution >= 4 is 21.8 Å². The summed E-state index contributed by atoms with van der Waals surface area (Å²) < 4.78 is 44.9. The number of hydrogen-bond donors (Lipinski definition) is 1. The molecule has 30 heavy (non-hydrogen) atoms. The maximum Gasteiger partial charge on any atom is 0.324 e. The SMILES string of the molecule is C[C@@H](CS(=O)(=O)CCCCCN1CC(=O)NC1=O)c1cc(OCC2CC2)ccc1F. The van der Waals surface area contributed by atoms with Crippen molar-refractivity contribution in [3.05, 3.63) is 29.6 Å². The maximum absolute atomic E-state index is 14.3. The zero-order valence-electron chi connectivity index (χ0n) is 17.2. The molecule has 1 aliphatic carbocycles. The Morgan fingerprint density at radius 1 is 1.23 bits per heavy atom. The van der Waals surface area contributed by atoms with Crippen molar-refractivity contribution in [3.63, 3.8) is 0 Å². The van der Waals surface area contributed by atoms with E-state index in [1.54, 1.807) is 19.1 Å². The predicted molar refractivity (Wildman–Crippen MR) is 111 cm³/mol. The molecule has 1 saturated heterocycles. The molecular weight excluding hydrogens is 411 g/mol. The molecular formula is C21H29FN2O5S. The van der Waals surface area contributed by atoms with E-state index in [1.807, 2.05) is 0 Å². The minimum absolute atomic E-state index is 0.0158. The number of urea groups is 1. The monoisotopic (exact) mass is 440 g/mol. The Hall–Kier alpha value is -2.16. The van der Waals surface area contributed by atoms with Gasteiger partial charge >= 0.3 is 6.03 Å². The molecule has 3 rings (SSSR count). The predicted octanol–water partition coefficient (Wildman–Crippen LogP) is 2.85. The number of amides is 3. The number of halogens is 1. The first-order chi connectivity index (χ1) is 14.2. The lowest BCUT2D eigenvalue weighted by molar-refractivity contribution is -0.118.